The van der Waals surface area contributed by atoms with Crippen LogP contribution >= 0.6 is 0 Å². The molecule has 0 aromatic heterocycles. The second kappa shape index (κ2) is 3.84. The van der Waals surface area contributed by atoms with Crippen LogP contribution in [0, 0.1) is 0 Å². The average Bonchev–Trinajstić information content (AvgIpc) is 2.12. The summed E-state index contributed by atoms with van der Waals surface area (Å²) in [5, 5.41) is 0. The van der Waals surface area contributed by atoms with Crippen molar-refractivity contribution in [2.45, 2.75) is 12.5 Å². The Morgan fingerprint density at radius 2 is 1.80 bits per heavy atom. The number of nitrogen functional groups attached to an aromatic ring is 2. The number of rotatable bonds is 3. The molecule has 1 aromatic carbocycles. The number of anilines is 2. The molecule has 84 valence electrons. The molecule has 0 spiro atoms. The second-order valence-corrected chi connectivity index (χ2v) is 2.72. The zero-order valence-electron chi connectivity index (χ0n) is 7.38. The molecule has 0 aliphatic rings. The monoisotopic (exact) mass is 224 g/mol. The second-order valence-electron chi connectivity index (χ2n) is 2.72. The standard InChI is InChI=1S/C8H8F4N2O/c9-7(10)8(11,12)15-5-3-1-2-4(13)6(5)14/h1-3,7H,13-14H2. The number of ether oxygens (including phenoxy) is 1. The molecule has 0 heterocycles. The van der Waals surface area contributed by atoms with Gasteiger partial charge in [0, 0.05) is 0 Å². The maximum atomic E-state index is 12.5. The summed E-state index contributed by atoms with van der Waals surface area (Å²) in [5.74, 6) is -0.569. The van der Waals surface area contributed by atoms with E-state index < -0.39 is 18.3 Å². The quantitative estimate of drug-likeness (QED) is 0.610. The van der Waals surface area contributed by atoms with E-state index in [0.29, 0.717) is 0 Å². The summed E-state index contributed by atoms with van der Waals surface area (Å²) in [6, 6.07) is 3.63. The van der Waals surface area contributed by atoms with Crippen LogP contribution in [0.25, 0.3) is 0 Å². The Bertz CT molecular complexity index is 356. The molecule has 15 heavy (non-hydrogen) atoms. The van der Waals surface area contributed by atoms with Crippen LogP contribution in [0.3, 0.4) is 0 Å². The molecule has 0 radical (unpaired) electrons. The van der Waals surface area contributed by atoms with Crippen LogP contribution < -0.4 is 16.2 Å². The molecule has 0 aliphatic heterocycles. The number of para-hydroxylation sites is 1. The first-order valence-electron chi connectivity index (χ1n) is 3.83. The van der Waals surface area contributed by atoms with Crippen molar-refractivity contribution in [3.8, 4) is 5.75 Å². The third kappa shape index (κ3) is 2.42. The van der Waals surface area contributed by atoms with Crippen LogP contribution in [0.5, 0.6) is 5.75 Å². The number of nitrogens with two attached hydrogens (primary N) is 2. The highest BCUT2D eigenvalue weighted by Crippen LogP contribution is 2.33. The van der Waals surface area contributed by atoms with Crippen molar-refractivity contribution in [3.63, 3.8) is 0 Å². The van der Waals surface area contributed by atoms with Gasteiger partial charge in [-0.1, -0.05) is 6.07 Å². The molecule has 1 rings (SSSR count). The molecule has 0 aliphatic carbocycles. The summed E-state index contributed by atoms with van der Waals surface area (Å²) in [4.78, 5) is 0. The molecule has 0 bridgehead atoms. The predicted octanol–water partition coefficient (Wildman–Crippen LogP) is 2.09. The SMILES string of the molecule is Nc1cccc(OC(F)(F)C(F)F)c1N. The van der Waals surface area contributed by atoms with Crippen molar-refractivity contribution in [1.29, 1.82) is 0 Å². The lowest BCUT2D eigenvalue weighted by Gasteiger charge is -2.18. The lowest BCUT2D eigenvalue weighted by atomic mass is 10.2. The van der Waals surface area contributed by atoms with Gasteiger partial charge < -0.3 is 16.2 Å². The fourth-order valence-electron chi connectivity index (χ4n) is 0.841. The van der Waals surface area contributed by atoms with E-state index in [-0.39, 0.29) is 11.4 Å². The van der Waals surface area contributed by atoms with Gasteiger partial charge in [-0.25, -0.2) is 0 Å². The van der Waals surface area contributed by atoms with Crippen molar-refractivity contribution in [3.05, 3.63) is 18.2 Å². The summed E-state index contributed by atoms with van der Waals surface area (Å²) in [6.07, 6.45) is -8.51. The molecule has 1 aromatic rings. The van der Waals surface area contributed by atoms with Gasteiger partial charge in [-0.05, 0) is 12.1 Å². The molecule has 0 fully saturated rings. The Hall–Kier alpha value is -1.66. The lowest BCUT2D eigenvalue weighted by Crippen LogP contribution is -2.33. The first-order valence-corrected chi connectivity index (χ1v) is 3.83. The Balaban J connectivity index is 2.95. The zero-order valence-corrected chi connectivity index (χ0v) is 7.38. The third-order valence-electron chi connectivity index (χ3n) is 1.60. The number of benzene rings is 1. The van der Waals surface area contributed by atoms with Crippen molar-refractivity contribution in [2.75, 3.05) is 11.5 Å². The number of alkyl halides is 4. The summed E-state index contributed by atoms with van der Waals surface area (Å²) < 4.78 is 52.3. The minimum Gasteiger partial charge on any atom is -0.426 e. The highest BCUT2D eigenvalue weighted by Gasteiger charge is 2.44. The molecule has 7 heteroatoms. The minimum absolute atomic E-state index is 0.0161. The summed E-state index contributed by atoms with van der Waals surface area (Å²) in [7, 11) is 0. The van der Waals surface area contributed by atoms with Gasteiger partial charge in [0.1, 0.15) is 0 Å². The zero-order chi connectivity index (χ0) is 11.6. The lowest BCUT2D eigenvalue weighted by molar-refractivity contribution is -0.252. The van der Waals surface area contributed by atoms with Gasteiger partial charge in [-0.15, -0.1) is 0 Å². The predicted molar refractivity (Wildman–Crippen MR) is 46.8 cm³/mol. The summed E-state index contributed by atoms with van der Waals surface area (Å²) >= 11 is 0. The van der Waals surface area contributed by atoms with Crippen LogP contribution in [0.4, 0.5) is 28.9 Å². The van der Waals surface area contributed by atoms with Crippen LogP contribution in [-0.4, -0.2) is 12.5 Å². The summed E-state index contributed by atoms with van der Waals surface area (Å²) in [6.45, 7) is 0. The number of hydrogen-bond donors (Lipinski definition) is 2. The summed E-state index contributed by atoms with van der Waals surface area (Å²) in [5.41, 5.74) is 10.2. The van der Waals surface area contributed by atoms with E-state index in [0.717, 1.165) is 6.07 Å². The molecule has 0 atom stereocenters. The van der Waals surface area contributed by atoms with E-state index in [4.69, 9.17) is 11.5 Å². The van der Waals surface area contributed by atoms with Gasteiger partial charge in [-0.3, -0.25) is 0 Å². The molecular formula is C8H8F4N2O. The van der Waals surface area contributed by atoms with Crippen LogP contribution in [0.1, 0.15) is 0 Å². The fraction of sp³-hybridized carbons (Fsp3) is 0.250. The van der Waals surface area contributed by atoms with E-state index in [1.54, 1.807) is 0 Å². The minimum atomic E-state index is -4.58. The molecule has 0 saturated carbocycles. The highest BCUT2D eigenvalue weighted by atomic mass is 19.3. The molecule has 0 amide bonds. The van der Waals surface area contributed by atoms with Gasteiger partial charge in [0.25, 0.3) is 0 Å². The maximum Gasteiger partial charge on any atom is 0.461 e. The first-order chi connectivity index (χ1) is 6.84. The Morgan fingerprint density at radius 1 is 1.20 bits per heavy atom. The van der Waals surface area contributed by atoms with Gasteiger partial charge in [-0.2, -0.15) is 17.6 Å². The average molecular weight is 224 g/mol. The van der Waals surface area contributed by atoms with E-state index >= 15 is 0 Å². The van der Waals surface area contributed by atoms with Crippen LogP contribution in [0.15, 0.2) is 18.2 Å². The van der Waals surface area contributed by atoms with E-state index in [9.17, 15) is 17.6 Å². The number of halogens is 4. The topological polar surface area (TPSA) is 61.3 Å². The smallest absolute Gasteiger partial charge is 0.426 e. The van der Waals surface area contributed by atoms with Crippen molar-refractivity contribution < 1.29 is 22.3 Å². The van der Waals surface area contributed by atoms with Crippen LogP contribution in [-0.2, 0) is 0 Å². The molecular weight excluding hydrogens is 216 g/mol. The van der Waals surface area contributed by atoms with Crippen molar-refractivity contribution >= 4 is 11.4 Å². The third-order valence-corrected chi connectivity index (χ3v) is 1.60. The van der Waals surface area contributed by atoms with Crippen molar-refractivity contribution in [2.24, 2.45) is 0 Å². The Labute approximate surface area is 82.6 Å². The fourth-order valence-corrected chi connectivity index (χ4v) is 0.841. The normalized spacial score (nSPS) is 11.8. The van der Waals surface area contributed by atoms with Gasteiger partial charge >= 0.3 is 12.5 Å². The van der Waals surface area contributed by atoms with Gasteiger partial charge in [0.15, 0.2) is 5.75 Å². The van der Waals surface area contributed by atoms with E-state index in [1.807, 2.05) is 0 Å². The molecule has 0 saturated heterocycles. The van der Waals surface area contributed by atoms with E-state index in [2.05, 4.69) is 4.74 Å². The largest absolute Gasteiger partial charge is 0.461 e. The maximum absolute atomic E-state index is 12.5. The van der Waals surface area contributed by atoms with Gasteiger partial charge in [0.05, 0.1) is 11.4 Å². The van der Waals surface area contributed by atoms with Gasteiger partial charge in [0.2, 0.25) is 0 Å². The highest BCUT2D eigenvalue weighted by molar-refractivity contribution is 5.70. The Kier molecular flexibility index (Phi) is 2.92. The van der Waals surface area contributed by atoms with E-state index in [1.165, 1.54) is 12.1 Å². The Morgan fingerprint density at radius 3 is 2.33 bits per heavy atom. The van der Waals surface area contributed by atoms with Crippen LogP contribution in [0.2, 0.25) is 0 Å². The molecule has 3 nitrogen and oxygen atoms in total. The molecule has 4 N–H and O–H groups in total. The molecule has 0 unspecified atom stereocenters. The first kappa shape index (κ1) is 11.4. The van der Waals surface area contributed by atoms with Crippen molar-refractivity contribution in [1.82, 2.24) is 0 Å². The number of hydrogen-bond acceptors (Lipinski definition) is 3.